The predicted octanol–water partition coefficient (Wildman–Crippen LogP) is 3.17. The number of anilines is 1. The van der Waals surface area contributed by atoms with Gasteiger partial charge in [0.15, 0.2) is 0 Å². The van der Waals surface area contributed by atoms with Crippen molar-refractivity contribution >= 4 is 21.7 Å². The Morgan fingerprint density at radius 2 is 1.79 bits per heavy atom. The van der Waals surface area contributed by atoms with Crippen LogP contribution in [0.15, 0.2) is 29.2 Å². The molecule has 0 bridgehead atoms. The number of amides is 2. The summed E-state index contributed by atoms with van der Waals surface area (Å²) < 4.78 is 27.0. The van der Waals surface area contributed by atoms with Gasteiger partial charge in [-0.3, -0.25) is 0 Å². The van der Waals surface area contributed by atoms with Gasteiger partial charge in [-0.1, -0.05) is 26.2 Å². The highest BCUT2D eigenvalue weighted by atomic mass is 32.2. The van der Waals surface area contributed by atoms with Crippen LogP contribution in [0.5, 0.6) is 0 Å². The molecule has 2 N–H and O–H groups in total. The van der Waals surface area contributed by atoms with E-state index in [2.05, 4.69) is 10.6 Å². The van der Waals surface area contributed by atoms with E-state index in [-0.39, 0.29) is 17.0 Å². The second-order valence-electron chi connectivity index (χ2n) is 6.22. The van der Waals surface area contributed by atoms with Gasteiger partial charge in [0.1, 0.15) is 0 Å². The van der Waals surface area contributed by atoms with E-state index in [1.165, 1.54) is 10.7 Å². The van der Waals surface area contributed by atoms with Crippen molar-refractivity contribution in [2.24, 2.45) is 0 Å². The molecule has 0 saturated heterocycles. The zero-order valence-electron chi connectivity index (χ0n) is 14.4. The average molecular weight is 353 g/mol. The Morgan fingerprint density at radius 1 is 1.17 bits per heavy atom. The molecule has 24 heavy (non-hydrogen) atoms. The lowest BCUT2D eigenvalue weighted by molar-refractivity contribution is 0.252. The van der Waals surface area contributed by atoms with Gasteiger partial charge in [-0.05, 0) is 43.5 Å². The van der Waals surface area contributed by atoms with Gasteiger partial charge in [0.25, 0.3) is 0 Å². The molecule has 134 valence electrons. The van der Waals surface area contributed by atoms with E-state index in [9.17, 15) is 13.2 Å². The summed E-state index contributed by atoms with van der Waals surface area (Å²) in [6.07, 6.45) is 6.06. The molecule has 1 aliphatic rings. The number of hydrogen-bond acceptors (Lipinski definition) is 3. The Morgan fingerprint density at radius 3 is 2.38 bits per heavy atom. The minimum absolute atomic E-state index is 0.0846. The Labute approximate surface area is 144 Å². The van der Waals surface area contributed by atoms with Crippen molar-refractivity contribution in [3.63, 3.8) is 0 Å². The summed E-state index contributed by atoms with van der Waals surface area (Å²) in [6.45, 7) is 2.58. The number of hydrogen-bond donors (Lipinski definition) is 2. The van der Waals surface area contributed by atoms with E-state index in [4.69, 9.17) is 0 Å². The third kappa shape index (κ3) is 4.70. The molecule has 1 aromatic rings. The SMILES string of the molecule is CCCNC(=O)Nc1ccc(S(=O)(=O)N(C)C2CCCCC2)cc1. The van der Waals surface area contributed by atoms with Crippen LogP contribution in [0.25, 0.3) is 0 Å². The first-order valence-corrected chi connectivity index (χ1v) is 10.0. The molecular formula is C17H27N3O3S. The van der Waals surface area contributed by atoms with Gasteiger partial charge >= 0.3 is 6.03 Å². The molecule has 1 saturated carbocycles. The van der Waals surface area contributed by atoms with E-state index >= 15 is 0 Å². The lowest BCUT2D eigenvalue weighted by Crippen LogP contribution is -2.38. The molecule has 0 atom stereocenters. The number of sulfonamides is 1. The smallest absolute Gasteiger partial charge is 0.319 e. The van der Waals surface area contributed by atoms with Crippen molar-refractivity contribution in [2.45, 2.75) is 56.4 Å². The average Bonchev–Trinajstić information content (AvgIpc) is 2.60. The largest absolute Gasteiger partial charge is 0.338 e. The topological polar surface area (TPSA) is 78.5 Å². The highest BCUT2D eigenvalue weighted by Gasteiger charge is 2.28. The summed E-state index contributed by atoms with van der Waals surface area (Å²) in [5.41, 5.74) is 0.572. The summed E-state index contributed by atoms with van der Waals surface area (Å²) in [7, 11) is -1.83. The Balaban J connectivity index is 2.04. The van der Waals surface area contributed by atoms with Crippen LogP contribution >= 0.6 is 0 Å². The van der Waals surface area contributed by atoms with Gasteiger partial charge in [0.2, 0.25) is 10.0 Å². The highest BCUT2D eigenvalue weighted by molar-refractivity contribution is 7.89. The molecule has 0 aromatic heterocycles. The lowest BCUT2D eigenvalue weighted by Gasteiger charge is -2.30. The van der Waals surface area contributed by atoms with Crippen LogP contribution in [0.4, 0.5) is 10.5 Å². The first-order chi connectivity index (χ1) is 11.4. The first-order valence-electron chi connectivity index (χ1n) is 8.58. The monoisotopic (exact) mass is 353 g/mol. The quantitative estimate of drug-likeness (QED) is 0.824. The van der Waals surface area contributed by atoms with E-state index in [0.717, 1.165) is 32.1 Å². The van der Waals surface area contributed by atoms with E-state index in [1.807, 2.05) is 6.92 Å². The van der Waals surface area contributed by atoms with Gasteiger partial charge in [0.05, 0.1) is 4.90 Å². The molecule has 0 aliphatic heterocycles. The van der Waals surface area contributed by atoms with Crippen LogP contribution in [0, 0.1) is 0 Å². The number of carbonyl (C=O) groups excluding carboxylic acids is 1. The molecule has 1 fully saturated rings. The van der Waals surface area contributed by atoms with E-state index in [1.54, 1.807) is 31.3 Å². The lowest BCUT2D eigenvalue weighted by atomic mass is 9.96. The summed E-state index contributed by atoms with van der Waals surface area (Å²) in [6, 6.07) is 6.13. The van der Waals surface area contributed by atoms with Crippen molar-refractivity contribution in [3.05, 3.63) is 24.3 Å². The van der Waals surface area contributed by atoms with Gasteiger partial charge in [-0.2, -0.15) is 4.31 Å². The van der Waals surface area contributed by atoms with Crippen LogP contribution in [-0.2, 0) is 10.0 Å². The van der Waals surface area contributed by atoms with Crippen LogP contribution in [0.1, 0.15) is 45.4 Å². The Hall–Kier alpha value is -1.60. The number of nitrogens with zero attached hydrogens (tertiary/aromatic N) is 1. The third-order valence-corrected chi connectivity index (χ3v) is 6.34. The zero-order valence-corrected chi connectivity index (χ0v) is 15.2. The Kier molecular flexibility index (Phi) is 6.62. The minimum Gasteiger partial charge on any atom is -0.338 e. The summed E-state index contributed by atoms with van der Waals surface area (Å²) in [5.74, 6) is 0. The molecule has 0 radical (unpaired) electrons. The van der Waals surface area contributed by atoms with Crippen LogP contribution in [0.2, 0.25) is 0 Å². The molecule has 0 heterocycles. The number of benzene rings is 1. The van der Waals surface area contributed by atoms with Crippen LogP contribution in [0.3, 0.4) is 0 Å². The fraction of sp³-hybridized carbons (Fsp3) is 0.588. The normalized spacial score (nSPS) is 16.1. The van der Waals surface area contributed by atoms with Crippen LogP contribution < -0.4 is 10.6 Å². The summed E-state index contributed by atoms with van der Waals surface area (Å²) in [4.78, 5) is 11.9. The van der Waals surface area contributed by atoms with Gasteiger partial charge in [-0.25, -0.2) is 13.2 Å². The standard InChI is InChI=1S/C17H27N3O3S/c1-3-13-18-17(21)19-14-9-11-16(12-10-14)24(22,23)20(2)15-7-5-4-6-8-15/h9-12,15H,3-8,13H2,1-2H3,(H2,18,19,21). The minimum atomic E-state index is -3.49. The molecule has 7 heteroatoms. The highest BCUT2D eigenvalue weighted by Crippen LogP contribution is 2.26. The molecule has 0 spiro atoms. The summed E-state index contributed by atoms with van der Waals surface area (Å²) in [5, 5.41) is 5.40. The number of urea groups is 1. The predicted molar refractivity (Wildman–Crippen MR) is 95.6 cm³/mol. The molecule has 6 nitrogen and oxygen atoms in total. The molecule has 1 aromatic carbocycles. The number of nitrogens with one attached hydrogen (secondary N) is 2. The van der Waals surface area contributed by atoms with Crippen molar-refractivity contribution in [2.75, 3.05) is 18.9 Å². The second kappa shape index (κ2) is 8.48. The number of carbonyl (C=O) groups is 1. The van der Waals surface area contributed by atoms with Gasteiger partial charge in [-0.15, -0.1) is 0 Å². The zero-order chi connectivity index (χ0) is 17.6. The second-order valence-corrected chi connectivity index (χ2v) is 8.22. The number of rotatable bonds is 6. The molecule has 2 amide bonds. The maximum atomic E-state index is 12.7. The van der Waals surface area contributed by atoms with E-state index < -0.39 is 10.0 Å². The van der Waals surface area contributed by atoms with Gasteiger partial charge < -0.3 is 10.6 Å². The maximum absolute atomic E-state index is 12.7. The first kappa shape index (κ1) is 18.7. The van der Waals surface area contributed by atoms with Crippen molar-refractivity contribution < 1.29 is 13.2 Å². The maximum Gasteiger partial charge on any atom is 0.319 e. The fourth-order valence-electron chi connectivity index (χ4n) is 2.93. The van der Waals surface area contributed by atoms with Crippen molar-refractivity contribution in [1.82, 2.24) is 9.62 Å². The van der Waals surface area contributed by atoms with Crippen LogP contribution in [-0.4, -0.2) is 38.4 Å². The summed E-state index contributed by atoms with van der Waals surface area (Å²) >= 11 is 0. The van der Waals surface area contributed by atoms with Crippen molar-refractivity contribution in [3.8, 4) is 0 Å². The van der Waals surface area contributed by atoms with Gasteiger partial charge in [0, 0.05) is 25.3 Å². The van der Waals surface area contributed by atoms with E-state index in [0.29, 0.717) is 12.2 Å². The molecule has 0 unspecified atom stereocenters. The Bertz CT molecular complexity index is 638. The molecule has 2 rings (SSSR count). The van der Waals surface area contributed by atoms with Crippen molar-refractivity contribution in [1.29, 1.82) is 0 Å². The molecular weight excluding hydrogens is 326 g/mol. The molecule has 1 aliphatic carbocycles. The fourth-order valence-corrected chi connectivity index (χ4v) is 4.35. The third-order valence-electron chi connectivity index (χ3n) is 4.41.